The highest BCUT2D eigenvalue weighted by atomic mass is 31.2. The molecule has 1 atom stereocenters. The summed E-state index contributed by atoms with van der Waals surface area (Å²) in [5, 5.41) is 0. The summed E-state index contributed by atoms with van der Waals surface area (Å²) in [6, 6.07) is 0. The molecule has 7 nitrogen and oxygen atoms in total. The fourth-order valence-corrected chi connectivity index (χ4v) is 3.05. The van der Waals surface area contributed by atoms with Crippen molar-refractivity contribution in [2.75, 3.05) is 39.6 Å². The number of hydrogen-bond acceptors (Lipinski definition) is 5. The molecule has 0 aliphatic heterocycles. The first-order valence-electron chi connectivity index (χ1n) is 9.96. The predicted molar refractivity (Wildman–Crippen MR) is 102 cm³/mol. The van der Waals surface area contributed by atoms with Crippen LogP contribution in [0.15, 0.2) is 0 Å². The van der Waals surface area contributed by atoms with E-state index in [9.17, 15) is 4.57 Å². The Morgan fingerprint density at radius 3 is 2.04 bits per heavy atom. The molecule has 0 rings (SSSR count). The van der Waals surface area contributed by atoms with Crippen LogP contribution in [0.1, 0.15) is 71.6 Å². The Hall–Kier alpha value is -0.0100. The molecule has 0 radical (unpaired) electrons. The second-order valence-electron chi connectivity index (χ2n) is 6.37. The lowest BCUT2D eigenvalue weighted by atomic mass is 10.1. The lowest BCUT2D eigenvalue weighted by Gasteiger charge is -2.18. The van der Waals surface area contributed by atoms with Crippen molar-refractivity contribution in [2.24, 2.45) is 0 Å². The predicted octanol–water partition coefficient (Wildman–Crippen LogP) is 4.06. The normalized spacial score (nSPS) is 13.2. The quantitative estimate of drug-likeness (QED) is 0.236. The number of phosphoric acid groups is 1. The van der Waals surface area contributed by atoms with E-state index in [4.69, 9.17) is 28.5 Å². The molecule has 0 amide bonds. The Kier molecular flexibility index (Phi) is 18.4. The Bertz CT molecular complexity index is 336. The second kappa shape index (κ2) is 18.4. The first kappa shape index (κ1) is 26.0. The third-order valence-electron chi connectivity index (χ3n) is 3.87. The van der Waals surface area contributed by atoms with Crippen molar-refractivity contribution in [1.82, 2.24) is 0 Å². The summed E-state index contributed by atoms with van der Waals surface area (Å²) in [5.74, 6) is 0. The zero-order valence-electron chi connectivity index (χ0n) is 16.6. The largest absolute Gasteiger partial charge is 0.469 e. The Balaban J connectivity index is 3.72. The lowest BCUT2D eigenvalue weighted by molar-refractivity contribution is 0.0265. The van der Waals surface area contributed by atoms with Crippen molar-refractivity contribution in [2.45, 2.75) is 77.7 Å². The number of rotatable bonds is 20. The fraction of sp³-hybridized carbons (Fsp3) is 1.00. The third kappa shape index (κ3) is 20.3. The molecule has 0 heterocycles. The van der Waals surface area contributed by atoms with Crippen LogP contribution in [0.25, 0.3) is 0 Å². The van der Waals surface area contributed by atoms with Crippen molar-refractivity contribution in [3.8, 4) is 0 Å². The molecule has 2 N–H and O–H groups in total. The number of hydrogen-bond donors (Lipinski definition) is 2. The lowest BCUT2D eigenvalue weighted by Crippen LogP contribution is -2.19. The molecule has 0 aliphatic rings. The van der Waals surface area contributed by atoms with Gasteiger partial charge in [0.15, 0.2) is 0 Å². The van der Waals surface area contributed by atoms with Crippen LogP contribution < -0.4 is 0 Å². The van der Waals surface area contributed by atoms with Crippen LogP contribution in [0.5, 0.6) is 0 Å². The summed E-state index contributed by atoms with van der Waals surface area (Å²) >= 11 is 0. The number of phosphoric ester groups is 1. The monoisotopic (exact) mass is 398 g/mol. The van der Waals surface area contributed by atoms with E-state index >= 15 is 0 Å². The molecular weight excluding hydrogens is 359 g/mol. The van der Waals surface area contributed by atoms with Crippen molar-refractivity contribution in [3.63, 3.8) is 0 Å². The standard InChI is InChI=1S/C18H39O7P/c1-3-5-6-10-14-24-17-18(25-26(19,20)21)12-9-7-8-11-13-23-16-15-22-4-2/h18H,3-17H2,1-2H3,(H2,19,20,21). The highest BCUT2D eigenvalue weighted by Crippen LogP contribution is 2.38. The van der Waals surface area contributed by atoms with E-state index < -0.39 is 13.9 Å². The van der Waals surface area contributed by atoms with Crippen molar-refractivity contribution >= 4 is 7.82 Å². The summed E-state index contributed by atoms with van der Waals surface area (Å²) < 4.78 is 32.1. The van der Waals surface area contributed by atoms with Crippen molar-refractivity contribution in [1.29, 1.82) is 0 Å². The van der Waals surface area contributed by atoms with Crippen LogP contribution >= 0.6 is 7.82 Å². The van der Waals surface area contributed by atoms with Crippen LogP contribution in [0.3, 0.4) is 0 Å². The summed E-state index contributed by atoms with van der Waals surface area (Å²) in [6.45, 7) is 7.65. The number of unbranched alkanes of at least 4 members (excludes halogenated alkanes) is 6. The van der Waals surface area contributed by atoms with E-state index in [0.29, 0.717) is 32.8 Å². The Morgan fingerprint density at radius 2 is 1.38 bits per heavy atom. The van der Waals surface area contributed by atoms with Gasteiger partial charge in [0.2, 0.25) is 0 Å². The number of ether oxygens (including phenoxy) is 3. The molecule has 8 heteroatoms. The smallest absolute Gasteiger partial charge is 0.379 e. The zero-order valence-corrected chi connectivity index (χ0v) is 17.5. The topological polar surface area (TPSA) is 94.5 Å². The molecule has 0 bridgehead atoms. The Morgan fingerprint density at radius 1 is 0.769 bits per heavy atom. The molecule has 0 spiro atoms. The van der Waals surface area contributed by atoms with Gasteiger partial charge in [-0.05, 0) is 26.2 Å². The van der Waals surface area contributed by atoms with E-state index in [1.807, 2.05) is 6.92 Å². The van der Waals surface area contributed by atoms with Gasteiger partial charge >= 0.3 is 7.82 Å². The minimum atomic E-state index is -4.48. The fourth-order valence-electron chi connectivity index (χ4n) is 2.50. The third-order valence-corrected chi connectivity index (χ3v) is 4.45. The molecule has 0 saturated heterocycles. The molecule has 0 aromatic carbocycles. The molecule has 0 aromatic rings. The molecule has 0 saturated carbocycles. The van der Waals surface area contributed by atoms with Gasteiger partial charge in [0.25, 0.3) is 0 Å². The van der Waals surface area contributed by atoms with Gasteiger partial charge in [0.1, 0.15) is 0 Å². The summed E-state index contributed by atoms with van der Waals surface area (Å²) in [6.07, 6.45) is 8.30. The van der Waals surface area contributed by atoms with Crippen LogP contribution in [-0.2, 0) is 23.3 Å². The molecule has 1 unspecified atom stereocenters. The van der Waals surface area contributed by atoms with Gasteiger partial charge in [0.05, 0.1) is 25.9 Å². The highest BCUT2D eigenvalue weighted by molar-refractivity contribution is 7.46. The van der Waals surface area contributed by atoms with E-state index in [2.05, 4.69) is 6.92 Å². The van der Waals surface area contributed by atoms with Gasteiger partial charge in [-0.2, -0.15) is 0 Å². The molecule has 158 valence electrons. The molecule has 0 aliphatic carbocycles. The van der Waals surface area contributed by atoms with Gasteiger partial charge in [-0.1, -0.05) is 45.4 Å². The Labute approximate surface area is 159 Å². The first-order chi connectivity index (χ1) is 12.5. The van der Waals surface area contributed by atoms with Gasteiger partial charge in [-0.3, -0.25) is 4.52 Å². The highest BCUT2D eigenvalue weighted by Gasteiger charge is 2.22. The first-order valence-corrected chi connectivity index (χ1v) is 11.5. The van der Waals surface area contributed by atoms with Gasteiger partial charge in [-0.15, -0.1) is 0 Å². The van der Waals surface area contributed by atoms with Crippen LogP contribution in [0.2, 0.25) is 0 Å². The summed E-state index contributed by atoms with van der Waals surface area (Å²) in [4.78, 5) is 18.1. The average molecular weight is 398 g/mol. The van der Waals surface area contributed by atoms with E-state index in [1.165, 1.54) is 12.8 Å². The summed E-state index contributed by atoms with van der Waals surface area (Å²) in [7, 11) is -4.48. The molecule has 26 heavy (non-hydrogen) atoms. The minimum absolute atomic E-state index is 0.234. The van der Waals surface area contributed by atoms with Gasteiger partial charge in [0, 0.05) is 19.8 Å². The maximum Gasteiger partial charge on any atom is 0.469 e. The zero-order chi connectivity index (χ0) is 19.5. The maximum atomic E-state index is 11.1. The van der Waals surface area contributed by atoms with Gasteiger partial charge < -0.3 is 24.0 Å². The minimum Gasteiger partial charge on any atom is -0.379 e. The SMILES string of the molecule is CCCCCCOCC(CCCCCCOCCOCC)OP(=O)(O)O. The molecular formula is C18H39O7P. The van der Waals surface area contributed by atoms with Crippen molar-refractivity contribution in [3.05, 3.63) is 0 Å². The van der Waals surface area contributed by atoms with E-state index in [1.54, 1.807) is 0 Å². The van der Waals surface area contributed by atoms with Crippen LogP contribution in [0.4, 0.5) is 0 Å². The second-order valence-corrected chi connectivity index (χ2v) is 7.56. The van der Waals surface area contributed by atoms with Crippen LogP contribution in [0, 0.1) is 0 Å². The van der Waals surface area contributed by atoms with E-state index in [0.717, 1.165) is 45.1 Å². The molecule has 0 aromatic heterocycles. The summed E-state index contributed by atoms with van der Waals surface area (Å²) in [5.41, 5.74) is 0. The van der Waals surface area contributed by atoms with E-state index in [-0.39, 0.29) is 6.61 Å². The van der Waals surface area contributed by atoms with Gasteiger partial charge in [-0.25, -0.2) is 4.57 Å². The van der Waals surface area contributed by atoms with Crippen LogP contribution in [-0.4, -0.2) is 55.5 Å². The average Bonchev–Trinajstić information content (AvgIpc) is 2.58. The van der Waals surface area contributed by atoms with Crippen molar-refractivity contribution < 1.29 is 33.1 Å². The maximum absolute atomic E-state index is 11.1. The molecule has 0 fully saturated rings.